The zero-order valence-corrected chi connectivity index (χ0v) is 13.6. The summed E-state index contributed by atoms with van der Waals surface area (Å²) in [6.45, 7) is 2.56. The minimum absolute atomic E-state index is 0.234. The highest BCUT2D eigenvalue weighted by molar-refractivity contribution is 5.69. The minimum atomic E-state index is -1.67. The van der Waals surface area contributed by atoms with Crippen LogP contribution in [0.2, 0.25) is 0 Å². The maximum Gasteiger partial charge on any atom is 0.162 e. The molecule has 3 rings (SSSR count). The van der Waals surface area contributed by atoms with Gasteiger partial charge in [0.25, 0.3) is 0 Å². The largest absolute Gasteiger partial charge is 0.494 e. The Kier molecular flexibility index (Phi) is 4.79. The number of hydrogen-bond donors (Lipinski definition) is 0. The summed E-state index contributed by atoms with van der Waals surface area (Å²) in [6.07, 6.45) is 6.22. The second-order valence-electron chi connectivity index (χ2n) is 5.92. The summed E-state index contributed by atoms with van der Waals surface area (Å²) in [6, 6.07) is 13.5. The van der Waals surface area contributed by atoms with Gasteiger partial charge in [-0.15, -0.1) is 0 Å². The Bertz CT molecular complexity index is 779. The van der Waals surface area contributed by atoms with Gasteiger partial charge in [-0.2, -0.15) is 0 Å². The van der Waals surface area contributed by atoms with Gasteiger partial charge < -0.3 is 4.74 Å². The Morgan fingerprint density at radius 2 is 1.96 bits per heavy atom. The average Bonchev–Trinajstić information content (AvgIpc) is 2.60. The van der Waals surface area contributed by atoms with Crippen LogP contribution in [0.1, 0.15) is 25.3 Å². The van der Waals surface area contributed by atoms with Crippen LogP contribution in [0.4, 0.5) is 8.78 Å². The van der Waals surface area contributed by atoms with Gasteiger partial charge in [0.05, 0.1) is 6.61 Å². The van der Waals surface area contributed by atoms with E-state index in [0.717, 1.165) is 6.42 Å². The molecule has 124 valence electrons. The van der Waals surface area contributed by atoms with Crippen LogP contribution in [0.15, 0.2) is 72.5 Å². The predicted molar refractivity (Wildman–Crippen MR) is 92.7 cm³/mol. The smallest absolute Gasteiger partial charge is 0.162 e. The van der Waals surface area contributed by atoms with Crippen molar-refractivity contribution in [3.05, 3.63) is 83.9 Å². The van der Waals surface area contributed by atoms with Crippen molar-refractivity contribution < 1.29 is 13.5 Å². The van der Waals surface area contributed by atoms with Crippen LogP contribution >= 0.6 is 0 Å². The van der Waals surface area contributed by atoms with E-state index < -0.39 is 5.67 Å². The fourth-order valence-corrected chi connectivity index (χ4v) is 2.93. The molecule has 0 aromatic heterocycles. The van der Waals surface area contributed by atoms with Crippen molar-refractivity contribution in [2.45, 2.75) is 25.4 Å². The number of halogens is 2. The van der Waals surface area contributed by atoms with Crippen LogP contribution in [0.3, 0.4) is 0 Å². The van der Waals surface area contributed by atoms with E-state index in [0.29, 0.717) is 29.1 Å². The number of rotatable bonds is 5. The lowest BCUT2D eigenvalue weighted by Crippen LogP contribution is -2.20. The van der Waals surface area contributed by atoms with Gasteiger partial charge >= 0.3 is 0 Å². The summed E-state index contributed by atoms with van der Waals surface area (Å²) >= 11 is 0. The summed E-state index contributed by atoms with van der Waals surface area (Å²) in [5.41, 5.74) is 0.223. The number of alkyl halides is 1. The first kappa shape index (κ1) is 16.4. The van der Waals surface area contributed by atoms with Gasteiger partial charge in [0.1, 0.15) is 11.6 Å². The molecule has 0 amide bonds. The van der Waals surface area contributed by atoms with E-state index in [4.69, 9.17) is 4.74 Å². The molecule has 3 heteroatoms. The molecular formula is C21H20F2O. The van der Waals surface area contributed by atoms with Gasteiger partial charge in [-0.05, 0) is 41.8 Å². The molecule has 1 nitrogen and oxygen atoms in total. The van der Waals surface area contributed by atoms with Crippen molar-refractivity contribution in [3.8, 4) is 11.1 Å². The summed E-state index contributed by atoms with van der Waals surface area (Å²) in [5, 5.41) is 0. The Hall–Kier alpha value is -2.42. The van der Waals surface area contributed by atoms with Crippen molar-refractivity contribution in [1.29, 1.82) is 0 Å². The maximum absolute atomic E-state index is 15.7. The molecule has 1 atom stereocenters. The molecular weight excluding hydrogens is 306 g/mol. The molecule has 0 saturated heterocycles. The van der Waals surface area contributed by atoms with Crippen LogP contribution in [0, 0.1) is 5.82 Å². The van der Waals surface area contributed by atoms with E-state index in [2.05, 4.69) is 0 Å². The summed E-state index contributed by atoms with van der Waals surface area (Å²) in [5.74, 6) is 0.209. The normalized spacial score (nSPS) is 19.9. The molecule has 1 aliphatic rings. The lowest BCUT2D eigenvalue weighted by atomic mass is 9.84. The van der Waals surface area contributed by atoms with E-state index in [1.165, 1.54) is 18.2 Å². The van der Waals surface area contributed by atoms with Crippen LogP contribution in [-0.4, -0.2) is 6.61 Å². The van der Waals surface area contributed by atoms with Gasteiger partial charge in [-0.1, -0.05) is 49.4 Å². The number of ether oxygens (including phenoxy) is 1. The van der Waals surface area contributed by atoms with E-state index >= 15 is 4.39 Å². The first-order valence-corrected chi connectivity index (χ1v) is 8.19. The van der Waals surface area contributed by atoms with Gasteiger partial charge in [-0.25, -0.2) is 8.78 Å². The number of hydrogen-bond acceptors (Lipinski definition) is 1. The van der Waals surface area contributed by atoms with Crippen molar-refractivity contribution in [2.75, 3.05) is 6.61 Å². The molecule has 1 unspecified atom stereocenters. The molecule has 0 bridgehead atoms. The zero-order valence-electron chi connectivity index (χ0n) is 13.6. The average molecular weight is 326 g/mol. The van der Waals surface area contributed by atoms with Crippen molar-refractivity contribution in [1.82, 2.24) is 0 Å². The second-order valence-corrected chi connectivity index (χ2v) is 5.92. The Balaban J connectivity index is 2.03. The third kappa shape index (κ3) is 3.40. The quantitative estimate of drug-likeness (QED) is 0.662. The van der Waals surface area contributed by atoms with E-state index in [-0.39, 0.29) is 12.2 Å². The first-order valence-electron chi connectivity index (χ1n) is 8.19. The molecule has 0 radical (unpaired) electrons. The third-order valence-corrected chi connectivity index (χ3v) is 4.05. The molecule has 2 aromatic rings. The van der Waals surface area contributed by atoms with Crippen molar-refractivity contribution >= 4 is 0 Å². The van der Waals surface area contributed by atoms with Crippen LogP contribution in [0.25, 0.3) is 11.1 Å². The molecule has 0 heterocycles. The van der Waals surface area contributed by atoms with Crippen LogP contribution in [-0.2, 0) is 10.4 Å². The zero-order chi connectivity index (χ0) is 17.0. The van der Waals surface area contributed by atoms with Gasteiger partial charge in [0, 0.05) is 12.0 Å². The molecule has 24 heavy (non-hydrogen) atoms. The molecule has 1 aliphatic carbocycles. The lowest BCUT2D eigenvalue weighted by Gasteiger charge is -2.27. The SMILES string of the molecule is CCCOC1=CC(F)(c2ccccc2-c2cccc(F)c2)CC=C1. The second kappa shape index (κ2) is 7.00. The fourth-order valence-electron chi connectivity index (χ4n) is 2.93. The first-order chi connectivity index (χ1) is 11.6. The summed E-state index contributed by atoms with van der Waals surface area (Å²) in [7, 11) is 0. The van der Waals surface area contributed by atoms with Crippen LogP contribution < -0.4 is 0 Å². The summed E-state index contributed by atoms with van der Waals surface area (Å²) < 4.78 is 34.9. The minimum Gasteiger partial charge on any atom is -0.494 e. The Labute approximate surface area is 141 Å². The topological polar surface area (TPSA) is 9.23 Å². The molecule has 0 fully saturated rings. The highest BCUT2D eigenvalue weighted by Crippen LogP contribution is 2.41. The molecule has 0 saturated carbocycles. The lowest BCUT2D eigenvalue weighted by molar-refractivity contribution is 0.189. The highest BCUT2D eigenvalue weighted by atomic mass is 19.1. The van der Waals surface area contributed by atoms with Gasteiger partial charge in [-0.3, -0.25) is 0 Å². The maximum atomic E-state index is 15.7. The Morgan fingerprint density at radius 1 is 1.12 bits per heavy atom. The monoisotopic (exact) mass is 326 g/mol. The third-order valence-electron chi connectivity index (χ3n) is 4.05. The van der Waals surface area contributed by atoms with Crippen molar-refractivity contribution in [2.24, 2.45) is 0 Å². The standard InChI is InChI=1S/C21H20F2O/c1-2-13-24-18-9-6-12-21(23,15-18)20-11-4-3-10-19(20)16-7-5-8-17(22)14-16/h3-11,14-15H,2,12-13H2,1H3. The van der Waals surface area contributed by atoms with E-state index in [1.54, 1.807) is 36.4 Å². The predicted octanol–water partition coefficient (Wildman–Crippen LogP) is 5.93. The highest BCUT2D eigenvalue weighted by Gasteiger charge is 2.33. The van der Waals surface area contributed by atoms with E-state index in [9.17, 15) is 4.39 Å². The van der Waals surface area contributed by atoms with E-state index in [1.807, 2.05) is 19.1 Å². The van der Waals surface area contributed by atoms with Crippen LogP contribution in [0.5, 0.6) is 0 Å². The number of allylic oxidation sites excluding steroid dienone is 3. The molecule has 0 spiro atoms. The number of benzene rings is 2. The Morgan fingerprint density at radius 3 is 2.75 bits per heavy atom. The fraction of sp³-hybridized carbons (Fsp3) is 0.238. The van der Waals surface area contributed by atoms with Gasteiger partial charge in [0.15, 0.2) is 5.67 Å². The molecule has 0 aliphatic heterocycles. The molecule has 0 N–H and O–H groups in total. The molecule has 2 aromatic carbocycles. The van der Waals surface area contributed by atoms with Gasteiger partial charge in [0.2, 0.25) is 0 Å². The van der Waals surface area contributed by atoms with Crippen molar-refractivity contribution in [3.63, 3.8) is 0 Å². The summed E-state index contributed by atoms with van der Waals surface area (Å²) in [4.78, 5) is 0.